The van der Waals surface area contributed by atoms with Gasteiger partial charge in [-0.25, -0.2) is 0 Å². The highest BCUT2D eigenvalue weighted by atomic mass is 16.5. The highest BCUT2D eigenvalue weighted by molar-refractivity contribution is 5.89. The molecule has 0 saturated heterocycles. The summed E-state index contributed by atoms with van der Waals surface area (Å²) in [6.07, 6.45) is -0.160. The second-order valence-corrected chi connectivity index (χ2v) is 6.51. The van der Waals surface area contributed by atoms with E-state index in [1.54, 1.807) is 0 Å². The minimum absolute atomic E-state index is 0.232. The molecule has 0 aromatic heterocycles. The van der Waals surface area contributed by atoms with Gasteiger partial charge < -0.3 is 4.74 Å². The normalized spacial score (nSPS) is 10.9. The van der Waals surface area contributed by atoms with Gasteiger partial charge in [0, 0.05) is 0 Å². The number of ether oxygens (including phenoxy) is 1. The van der Waals surface area contributed by atoms with E-state index in [4.69, 9.17) is 4.74 Å². The molecule has 0 bridgehead atoms. The highest BCUT2D eigenvalue weighted by Gasteiger charge is 2.19. The second kappa shape index (κ2) is 7.88. The van der Waals surface area contributed by atoms with Crippen LogP contribution in [0.5, 0.6) is 0 Å². The van der Waals surface area contributed by atoms with E-state index >= 15 is 0 Å². The van der Waals surface area contributed by atoms with Crippen molar-refractivity contribution < 1.29 is 9.53 Å². The third kappa shape index (κ3) is 3.90. The Bertz CT molecular complexity index is 995. The molecule has 0 saturated carbocycles. The molecule has 0 spiro atoms. The molecule has 0 radical (unpaired) electrons. The standard InChI is InChI=1S/C25H20O2/c26-24(18-22-16-9-15-19-10-7-8-17-23(19)22)27-25(20-11-3-1-4-12-20)21-13-5-2-6-14-21/h1-17,25H,18H2. The predicted octanol–water partition coefficient (Wildman–Crippen LogP) is 5.72. The molecule has 0 N–H and O–H groups in total. The molecule has 4 aromatic carbocycles. The average molecular weight is 352 g/mol. The van der Waals surface area contributed by atoms with E-state index in [0.717, 1.165) is 27.5 Å². The first kappa shape index (κ1) is 17.0. The summed E-state index contributed by atoms with van der Waals surface area (Å²) >= 11 is 0. The third-order valence-electron chi connectivity index (χ3n) is 4.67. The van der Waals surface area contributed by atoms with Gasteiger partial charge >= 0.3 is 5.97 Å². The predicted molar refractivity (Wildman–Crippen MR) is 108 cm³/mol. The molecule has 0 unspecified atom stereocenters. The molecule has 0 aliphatic carbocycles. The molecule has 0 fully saturated rings. The van der Waals surface area contributed by atoms with E-state index in [0.29, 0.717) is 0 Å². The molecule has 0 aliphatic rings. The zero-order chi connectivity index (χ0) is 18.5. The fraction of sp³-hybridized carbons (Fsp3) is 0.0800. The number of hydrogen-bond acceptors (Lipinski definition) is 2. The van der Waals surface area contributed by atoms with Crippen molar-refractivity contribution in [3.63, 3.8) is 0 Å². The largest absolute Gasteiger partial charge is 0.452 e. The number of carbonyl (C=O) groups excluding carboxylic acids is 1. The summed E-state index contributed by atoms with van der Waals surface area (Å²) in [5.41, 5.74) is 2.92. The maximum absolute atomic E-state index is 12.8. The lowest BCUT2D eigenvalue weighted by Gasteiger charge is -2.19. The van der Waals surface area contributed by atoms with Gasteiger partial charge in [-0.3, -0.25) is 4.79 Å². The summed E-state index contributed by atoms with van der Waals surface area (Å²) in [6.45, 7) is 0. The van der Waals surface area contributed by atoms with Crippen molar-refractivity contribution in [1.82, 2.24) is 0 Å². The first-order valence-electron chi connectivity index (χ1n) is 9.07. The van der Waals surface area contributed by atoms with E-state index in [1.807, 2.05) is 91.0 Å². The minimum atomic E-state index is -0.408. The molecule has 27 heavy (non-hydrogen) atoms. The Labute approximate surface area is 159 Å². The van der Waals surface area contributed by atoms with Gasteiger partial charge in [-0.15, -0.1) is 0 Å². The maximum Gasteiger partial charge on any atom is 0.311 e. The molecule has 2 heteroatoms. The Balaban J connectivity index is 1.60. The van der Waals surface area contributed by atoms with Gasteiger partial charge in [-0.2, -0.15) is 0 Å². The summed E-state index contributed by atoms with van der Waals surface area (Å²) in [6, 6.07) is 33.9. The van der Waals surface area contributed by atoms with Crippen molar-refractivity contribution in [2.75, 3.05) is 0 Å². The van der Waals surface area contributed by atoms with Crippen molar-refractivity contribution in [2.24, 2.45) is 0 Å². The SMILES string of the molecule is O=C(Cc1cccc2ccccc12)OC(c1ccccc1)c1ccccc1. The third-order valence-corrected chi connectivity index (χ3v) is 4.67. The van der Waals surface area contributed by atoms with Crippen LogP contribution in [0.2, 0.25) is 0 Å². The lowest BCUT2D eigenvalue weighted by molar-refractivity contribution is -0.146. The monoisotopic (exact) mass is 352 g/mol. The maximum atomic E-state index is 12.8. The number of carbonyl (C=O) groups is 1. The van der Waals surface area contributed by atoms with E-state index in [2.05, 4.69) is 12.1 Å². The summed E-state index contributed by atoms with van der Waals surface area (Å²) in [5, 5.41) is 2.22. The van der Waals surface area contributed by atoms with Gasteiger partial charge in [-0.05, 0) is 27.5 Å². The molecule has 4 rings (SSSR count). The fourth-order valence-electron chi connectivity index (χ4n) is 3.36. The molecule has 4 aromatic rings. The highest BCUT2D eigenvalue weighted by Crippen LogP contribution is 2.27. The molecule has 0 atom stereocenters. The molecule has 0 heterocycles. The number of fused-ring (bicyclic) bond motifs is 1. The van der Waals surface area contributed by atoms with Crippen LogP contribution in [0, 0.1) is 0 Å². The van der Waals surface area contributed by atoms with E-state index in [-0.39, 0.29) is 12.4 Å². The van der Waals surface area contributed by atoms with Crippen LogP contribution >= 0.6 is 0 Å². The van der Waals surface area contributed by atoms with Crippen LogP contribution in [0.15, 0.2) is 103 Å². The molecule has 2 nitrogen and oxygen atoms in total. The summed E-state index contributed by atoms with van der Waals surface area (Å²) in [4.78, 5) is 12.8. The first-order chi connectivity index (χ1) is 13.3. The van der Waals surface area contributed by atoms with Gasteiger partial charge in [0.25, 0.3) is 0 Å². The number of hydrogen-bond donors (Lipinski definition) is 0. The van der Waals surface area contributed by atoms with Crippen LogP contribution in [-0.2, 0) is 16.0 Å². The molecular weight excluding hydrogens is 332 g/mol. The number of benzene rings is 4. The molecule has 132 valence electrons. The van der Waals surface area contributed by atoms with Crippen molar-refractivity contribution >= 4 is 16.7 Å². The van der Waals surface area contributed by atoms with E-state index in [9.17, 15) is 4.79 Å². The topological polar surface area (TPSA) is 26.3 Å². The molecule has 0 aliphatic heterocycles. The Morgan fingerprint density at radius 2 is 1.22 bits per heavy atom. The summed E-state index contributed by atoms with van der Waals surface area (Å²) < 4.78 is 5.94. The van der Waals surface area contributed by atoms with Crippen molar-refractivity contribution in [3.05, 3.63) is 120 Å². The van der Waals surface area contributed by atoms with E-state index in [1.165, 1.54) is 0 Å². The first-order valence-corrected chi connectivity index (χ1v) is 9.07. The Morgan fingerprint density at radius 1 is 0.667 bits per heavy atom. The Hall–Kier alpha value is -3.39. The van der Waals surface area contributed by atoms with Gasteiger partial charge in [0.1, 0.15) is 0 Å². The molecule has 0 amide bonds. The number of esters is 1. The van der Waals surface area contributed by atoms with Crippen molar-refractivity contribution in [1.29, 1.82) is 0 Å². The van der Waals surface area contributed by atoms with Gasteiger partial charge in [0.05, 0.1) is 6.42 Å². The second-order valence-electron chi connectivity index (χ2n) is 6.51. The van der Waals surface area contributed by atoms with Crippen LogP contribution in [-0.4, -0.2) is 5.97 Å². The van der Waals surface area contributed by atoms with Crippen LogP contribution in [0.4, 0.5) is 0 Å². The van der Waals surface area contributed by atoms with E-state index < -0.39 is 6.10 Å². The Kier molecular flexibility index (Phi) is 4.97. The van der Waals surface area contributed by atoms with Crippen LogP contribution in [0.3, 0.4) is 0 Å². The molecular formula is C25H20O2. The number of rotatable bonds is 5. The lowest BCUT2D eigenvalue weighted by atomic mass is 10.0. The van der Waals surface area contributed by atoms with Crippen molar-refractivity contribution in [3.8, 4) is 0 Å². The van der Waals surface area contributed by atoms with Gasteiger partial charge in [0.2, 0.25) is 0 Å². The zero-order valence-corrected chi connectivity index (χ0v) is 14.9. The summed E-state index contributed by atoms with van der Waals surface area (Å²) in [7, 11) is 0. The van der Waals surface area contributed by atoms with Gasteiger partial charge in [0.15, 0.2) is 6.10 Å². The Morgan fingerprint density at radius 3 is 1.89 bits per heavy atom. The lowest BCUT2D eigenvalue weighted by Crippen LogP contribution is -2.14. The van der Waals surface area contributed by atoms with Crippen LogP contribution in [0.25, 0.3) is 10.8 Å². The van der Waals surface area contributed by atoms with Crippen molar-refractivity contribution in [2.45, 2.75) is 12.5 Å². The quantitative estimate of drug-likeness (QED) is 0.430. The van der Waals surface area contributed by atoms with Crippen LogP contribution in [0.1, 0.15) is 22.8 Å². The zero-order valence-electron chi connectivity index (χ0n) is 14.9. The smallest absolute Gasteiger partial charge is 0.311 e. The minimum Gasteiger partial charge on any atom is -0.452 e. The van der Waals surface area contributed by atoms with Gasteiger partial charge in [-0.1, -0.05) is 103 Å². The summed E-state index contributed by atoms with van der Waals surface area (Å²) in [5.74, 6) is -0.232. The fourth-order valence-corrected chi connectivity index (χ4v) is 3.36. The van der Waals surface area contributed by atoms with Crippen LogP contribution < -0.4 is 0 Å². The average Bonchev–Trinajstić information content (AvgIpc) is 2.73.